The van der Waals surface area contributed by atoms with Gasteiger partial charge in [0.1, 0.15) is 18.7 Å². The SMILES string of the molecule is O=C(C[C@H]([NH2+]C[C@H]1CCCO1)C(=O)[O-])Nc1cccc([N+](=O)[O-])c1. The minimum atomic E-state index is -1.33. The molecule has 2 rings (SSSR count). The number of non-ortho nitro benzene ring substituents is 1. The third-order valence-corrected chi connectivity index (χ3v) is 3.76. The van der Waals surface area contributed by atoms with Gasteiger partial charge in [0, 0.05) is 24.4 Å². The van der Waals surface area contributed by atoms with Gasteiger partial charge in [-0.2, -0.15) is 0 Å². The number of anilines is 1. The van der Waals surface area contributed by atoms with E-state index in [9.17, 15) is 24.8 Å². The van der Waals surface area contributed by atoms with Crippen LogP contribution in [0.5, 0.6) is 0 Å². The Morgan fingerprint density at radius 1 is 1.46 bits per heavy atom. The number of rotatable bonds is 8. The van der Waals surface area contributed by atoms with Crippen LogP contribution in [0.4, 0.5) is 11.4 Å². The molecule has 0 bridgehead atoms. The molecule has 9 heteroatoms. The first-order valence-electron chi connectivity index (χ1n) is 7.66. The van der Waals surface area contributed by atoms with Crippen LogP contribution < -0.4 is 15.7 Å². The minimum absolute atomic E-state index is 0.00770. The zero-order valence-electron chi connectivity index (χ0n) is 13.0. The molecule has 0 radical (unpaired) electrons. The van der Waals surface area contributed by atoms with Crippen LogP contribution in [-0.2, 0) is 14.3 Å². The van der Waals surface area contributed by atoms with Crippen molar-refractivity contribution in [3.63, 3.8) is 0 Å². The van der Waals surface area contributed by atoms with E-state index in [1.54, 1.807) is 0 Å². The largest absolute Gasteiger partial charge is 0.544 e. The van der Waals surface area contributed by atoms with E-state index in [4.69, 9.17) is 4.74 Å². The van der Waals surface area contributed by atoms with Gasteiger partial charge in [-0.25, -0.2) is 0 Å². The maximum absolute atomic E-state index is 12.0. The highest BCUT2D eigenvalue weighted by atomic mass is 16.6. The maximum atomic E-state index is 12.0. The molecule has 1 saturated heterocycles. The highest BCUT2D eigenvalue weighted by Gasteiger charge is 2.23. The number of nitrogens with one attached hydrogen (secondary N) is 1. The Balaban J connectivity index is 1.88. The van der Waals surface area contributed by atoms with Gasteiger partial charge < -0.3 is 25.3 Å². The normalized spacial score (nSPS) is 18.1. The lowest BCUT2D eigenvalue weighted by Gasteiger charge is -2.18. The maximum Gasteiger partial charge on any atom is 0.271 e. The Kier molecular flexibility index (Phi) is 6.21. The van der Waals surface area contributed by atoms with Crippen molar-refractivity contribution in [2.75, 3.05) is 18.5 Å². The number of quaternary nitrogens is 1. The van der Waals surface area contributed by atoms with Crippen LogP contribution in [0.1, 0.15) is 19.3 Å². The van der Waals surface area contributed by atoms with Crippen molar-refractivity contribution in [1.82, 2.24) is 0 Å². The molecule has 0 aliphatic carbocycles. The molecule has 0 saturated carbocycles. The number of amides is 1. The van der Waals surface area contributed by atoms with Crippen molar-refractivity contribution in [1.29, 1.82) is 0 Å². The van der Waals surface area contributed by atoms with Crippen molar-refractivity contribution in [2.24, 2.45) is 0 Å². The summed E-state index contributed by atoms with van der Waals surface area (Å²) in [5.41, 5.74) is 0.0830. The lowest BCUT2D eigenvalue weighted by Crippen LogP contribution is -2.94. The molecule has 1 aliphatic rings. The van der Waals surface area contributed by atoms with Crippen LogP contribution in [0, 0.1) is 10.1 Å². The number of benzene rings is 1. The number of carbonyl (C=O) groups excluding carboxylic acids is 2. The second-order valence-electron chi connectivity index (χ2n) is 5.59. The molecule has 1 aliphatic heterocycles. The van der Waals surface area contributed by atoms with Crippen molar-refractivity contribution < 1.29 is 29.7 Å². The number of carbonyl (C=O) groups is 2. The van der Waals surface area contributed by atoms with Gasteiger partial charge in [-0.3, -0.25) is 14.9 Å². The predicted molar refractivity (Wildman–Crippen MR) is 80.9 cm³/mol. The minimum Gasteiger partial charge on any atom is -0.544 e. The summed E-state index contributed by atoms with van der Waals surface area (Å²) in [6.45, 7) is 1.12. The Morgan fingerprint density at radius 3 is 2.88 bits per heavy atom. The Bertz CT molecular complexity index is 615. The summed E-state index contributed by atoms with van der Waals surface area (Å²) in [4.78, 5) is 33.3. The molecule has 0 spiro atoms. The summed E-state index contributed by atoms with van der Waals surface area (Å²) in [5.74, 6) is -1.88. The van der Waals surface area contributed by atoms with E-state index >= 15 is 0 Å². The molecule has 1 fully saturated rings. The van der Waals surface area contributed by atoms with E-state index in [2.05, 4.69) is 5.32 Å². The van der Waals surface area contributed by atoms with Gasteiger partial charge in [-0.15, -0.1) is 0 Å². The van der Waals surface area contributed by atoms with E-state index in [1.807, 2.05) is 0 Å². The number of hydrogen-bond donors (Lipinski definition) is 2. The molecular weight excluding hydrogens is 318 g/mol. The van der Waals surface area contributed by atoms with E-state index in [0.29, 0.717) is 13.2 Å². The molecule has 9 nitrogen and oxygen atoms in total. The van der Waals surface area contributed by atoms with Crippen LogP contribution in [0.3, 0.4) is 0 Å². The van der Waals surface area contributed by atoms with Crippen LogP contribution >= 0.6 is 0 Å². The molecule has 1 aromatic carbocycles. The third kappa shape index (κ3) is 5.28. The quantitative estimate of drug-likeness (QED) is 0.450. The second kappa shape index (κ2) is 8.37. The zero-order chi connectivity index (χ0) is 17.5. The number of nitro benzene ring substituents is 1. The fourth-order valence-electron chi connectivity index (χ4n) is 2.52. The Labute approximate surface area is 138 Å². The molecule has 1 amide bonds. The van der Waals surface area contributed by atoms with Crippen LogP contribution in [0.2, 0.25) is 0 Å². The van der Waals surface area contributed by atoms with Crippen LogP contribution in [0.25, 0.3) is 0 Å². The Hall–Kier alpha value is -2.52. The van der Waals surface area contributed by atoms with Gasteiger partial charge >= 0.3 is 0 Å². The van der Waals surface area contributed by atoms with Crippen molar-refractivity contribution >= 4 is 23.3 Å². The van der Waals surface area contributed by atoms with Gasteiger partial charge in [-0.05, 0) is 18.9 Å². The fraction of sp³-hybridized carbons (Fsp3) is 0.467. The number of hydrogen-bond acceptors (Lipinski definition) is 6. The number of carboxylic acids is 1. The number of nitrogens with two attached hydrogens (primary N) is 1. The number of carboxylic acid groups (broad SMARTS) is 1. The molecule has 24 heavy (non-hydrogen) atoms. The topological polar surface area (TPSA) is 138 Å². The number of nitrogens with zero attached hydrogens (tertiary/aromatic N) is 1. The predicted octanol–water partition coefficient (Wildman–Crippen LogP) is -1.22. The Morgan fingerprint density at radius 2 is 2.25 bits per heavy atom. The highest BCUT2D eigenvalue weighted by Crippen LogP contribution is 2.17. The van der Waals surface area contributed by atoms with Gasteiger partial charge in [0.2, 0.25) is 5.91 Å². The highest BCUT2D eigenvalue weighted by molar-refractivity contribution is 5.93. The second-order valence-corrected chi connectivity index (χ2v) is 5.59. The molecule has 1 aromatic rings. The fourth-order valence-corrected chi connectivity index (χ4v) is 2.52. The van der Waals surface area contributed by atoms with Crippen LogP contribution in [0.15, 0.2) is 24.3 Å². The van der Waals surface area contributed by atoms with E-state index in [0.717, 1.165) is 12.8 Å². The van der Waals surface area contributed by atoms with Crippen molar-refractivity contribution in [2.45, 2.75) is 31.4 Å². The summed E-state index contributed by atoms with van der Waals surface area (Å²) >= 11 is 0. The summed E-state index contributed by atoms with van der Waals surface area (Å²) in [5, 5.41) is 25.9. The summed E-state index contributed by atoms with van der Waals surface area (Å²) < 4.78 is 5.41. The molecule has 0 unspecified atom stereocenters. The monoisotopic (exact) mass is 337 g/mol. The number of ether oxygens (including phenoxy) is 1. The molecule has 130 valence electrons. The van der Waals surface area contributed by atoms with Gasteiger partial charge in [-0.1, -0.05) is 6.07 Å². The van der Waals surface area contributed by atoms with E-state index in [-0.39, 0.29) is 23.9 Å². The van der Waals surface area contributed by atoms with Crippen molar-refractivity contribution in [3.05, 3.63) is 34.4 Å². The summed E-state index contributed by atoms with van der Waals surface area (Å²) in [6.07, 6.45) is 1.52. The molecular formula is C15H19N3O6. The lowest BCUT2D eigenvalue weighted by atomic mass is 10.1. The first-order chi connectivity index (χ1) is 11.5. The van der Waals surface area contributed by atoms with Crippen molar-refractivity contribution in [3.8, 4) is 0 Å². The average Bonchev–Trinajstić information content (AvgIpc) is 3.04. The van der Waals surface area contributed by atoms with E-state index < -0.39 is 22.8 Å². The molecule has 3 N–H and O–H groups in total. The van der Waals surface area contributed by atoms with Gasteiger partial charge in [0.05, 0.1) is 17.3 Å². The lowest BCUT2D eigenvalue weighted by molar-refractivity contribution is -0.687. The number of aliphatic carboxylic acids is 1. The zero-order valence-corrected chi connectivity index (χ0v) is 13.0. The first-order valence-corrected chi connectivity index (χ1v) is 7.66. The first kappa shape index (κ1) is 17.8. The van der Waals surface area contributed by atoms with Crippen LogP contribution in [-0.4, -0.2) is 42.1 Å². The third-order valence-electron chi connectivity index (χ3n) is 3.76. The average molecular weight is 337 g/mol. The summed E-state index contributed by atoms with van der Waals surface area (Å²) in [7, 11) is 0. The summed E-state index contributed by atoms with van der Waals surface area (Å²) in [6, 6.07) is 4.41. The van der Waals surface area contributed by atoms with Gasteiger partial charge in [0.25, 0.3) is 5.69 Å². The van der Waals surface area contributed by atoms with E-state index in [1.165, 1.54) is 29.6 Å². The molecule has 1 heterocycles. The molecule has 0 aromatic heterocycles. The smallest absolute Gasteiger partial charge is 0.271 e. The van der Waals surface area contributed by atoms with Gasteiger partial charge in [0.15, 0.2) is 0 Å². The standard InChI is InChI=1S/C15H19N3O6/c19-14(17-10-3-1-4-11(7-10)18(22)23)8-13(15(20)21)16-9-12-5-2-6-24-12/h1,3-4,7,12-13,16H,2,5-6,8-9H2,(H,17,19)(H,20,21)/t12-,13+/m1/s1. The number of nitro groups is 1. The molecule has 2 atom stereocenters.